The molecule has 0 saturated heterocycles. The van der Waals surface area contributed by atoms with E-state index in [9.17, 15) is 0 Å². The Balaban J connectivity index is 0. The van der Waals surface area contributed by atoms with Crippen LogP contribution in [0, 0.1) is 0 Å². The summed E-state index contributed by atoms with van der Waals surface area (Å²) in [6.07, 6.45) is 4.29. The van der Waals surface area contributed by atoms with Gasteiger partial charge in [0.2, 0.25) is 0 Å². The maximum Gasteiger partial charge on any atom is 0.118 e. The van der Waals surface area contributed by atoms with Crippen molar-refractivity contribution in [2.75, 3.05) is 0 Å². The average molecular weight is 156 g/mol. The third kappa shape index (κ3) is 12.1. The lowest BCUT2D eigenvalue weighted by molar-refractivity contribution is 0.406. The van der Waals surface area contributed by atoms with Crippen LogP contribution in [0.3, 0.4) is 0 Å². The summed E-state index contributed by atoms with van der Waals surface area (Å²) in [5, 5.41) is 17.3. The average Bonchev–Trinajstić information content (AvgIpc) is 1.91. The molecule has 2 nitrogen and oxygen atoms in total. The van der Waals surface area contributed by atoms with Gasteiger partial charge in [0.05, 0.1) is 0 Å². The molecule has 0 atom stereocenters. The standard InChI is InChI=1S/C7H10O2.C2H6/c1-3-4-7(9)5-6(2)8;1-2/h3-5,8-9H,2H2,1H3;1-2H3/b4-3-,7-5+;. The van der Waals surface area contributed by atoms with Crippen molar-refractivity contribution >= 4 is 0 Å². The van der Waals surface area contributed by atoms with Crippen molar-refractivity contribution in [1.82, 2.24) is 0 Å². The minimum Gasteiger partial charge on any atom is -0.508 e. The van der Waals surface area contributed by atoms with Crippen molar-refractivity contribution in [2.45, 2.75) is 20.8 Å². The molecule has 64 valence electrons. The molecule has 0 aromatic heterocycles. The van der Waals surface area contributed by atoms with Gasteiger partial charge in [-0.2, -0.15) is 0 Å². The molecular weight excluding hydrogens is 140 g/mol. The van der Waals surface area contributed by atoms with Crippen LogP contribution in [0.1, 0.15) is 20.8 Å². The molecule has 2 N–H and O–H groups in total. The second-order valence-corrected chi connectivity index (χ2v) is 1.56. The molecule has 0 heterocycles. The lowest BCUT2D eigenvalue weighted by Crippen LogP contribution is -1.75. The molecule has 0 fully saturated rings. The zero-order chi connectivity index (χ0) is 9.28. The molecule has 0 aliphatic heterocycles. The smallest absolute Gasteiger partial charge is 0.118 e. The highest BCUT2D eigenvalue weighted by molar-refractivity contribution is 5.18. The Morgan fingerprint density at radius 3 is 2.00 bits per heavy atom. The highest BCUT2D eigenvalue weighted by atomic mass is 16.3. The fourth-order valence-corrected chi connectivity index (χ4v) is 0.390. The summed E-state index contributed by atoms with van der Waals surface area (Å²) in [7, 11) is 0. The van der Waals surface area contributed by atoms with Crippen molar-refractivity contribution < 1.29 is 10.2 Å². The largest absolute Gasteiger partial charge is 0.508 e. The van der Waals surface area contributed by atoms with Gasteiger partial charge in [-0.1, -0.05) is 26.5 Å². The van der Waals surface area contributed by atoms with Gasteiger partial charge in [0, 0.05) is 6.08 Å². The Labute approximate surface area is 68.2 Å². The van der Waals surface area contributed by atoms with Gasteiger partial charge in [-0.05, 0) is 13.0 Å². The van der Waals surface area contributed by atoms with Crippen LogP contribution in [-0.2, 0) is 0 Å². The predicted molar refractivity (Wildman–Crippen MR) is 48.6 cm³/mol. The van der Waals surface area contributed by atoms with E-state index in [1.54, 1.807) is 13.0 Å². The van der Waals surface area contributed by atoms with E-state index < -0.39 is 0 Å². The summed E-state index contributed by atoms with van der Waals surface area (Å²) in [5.41, 5.74) is 0. The van der Waals surface area contributed by atoms with Crippen LogP contribution in [0.5, 0.6) is 0 Å². The van der Waals surface area contributed by atoms with Crippen LogP contribution >= 0.6 is 0 Å². The van der Waals surface area contributed by atoms with E-state index in [1.165, 1.54) is 12.2 Å². The topological polar surface area (TPSA) is 40.5 Å². The summed E-state index contributed by atoms with van der Waals surface area (Å²) in [6.45, 7) is 8.93. The Hall–Kier alpha value is -1.18. The van der Waals surface area contributed by atoms with E-state index in [0.29, 0.717) is 0 Å². The van der Waals surface area contributed by atoms with Crippen molar-refractivity contribution in [1.29, 1.82) is 0 Å². The molecule has 11 heavy (non-hydrogen) atoms. The first-order chi connectivity index (χ1) is 5.16. The van der Waals surface area contributed by atoms with Crippen molar-refractivity contribution in [3.8, 4) is 0 Å². The highest BCUT2D eigenvalue weighted by Crippen LogP contribution is 1.94. The Morgan fingerprint density at radius 1 is 1.27 bits per heavy atom. The van der Waals surface area contributed by atoms with Crippen LogP contribution in [0.25, 0.3) is 0 Å². The molecule has 0 amide bonds. The first kappa shape index (κ1) is 12.5. The summed E-state index contributed by atoms with van der Waals surface area (Å²) in [4.78, 5) is 0. The van der Waals surface area contributed by atoms with Crippen LogP contribution in [0.15, 0.2) is 36.3 Å². The maximum absolute atomic E-state index is 8.77. The van der Waals surface area contributed by atoms with Crippen LogP contribution < -0.4 is 0 Å². The van der Waals surface area contributed by atoms with Crippen LogP contribution in [0.4, 0.5) is 0 Å². The first-order valence-electron chi connectivity index (χ1n) is 3.58. The third-order valence-electron chi connectivity index (χ3n) is 0.652. The number of hydrogen-bond acceptors (Lipinski definition) is 2. The van der Waals surface area contributed by atoms with Gasteiger partial charge in [-0.15, -0.1) is 0 Å². The minimum absolute atomic E-state index is 0.00463. The molecular formula is C9H16O2. The van der Waals surface area contributed by atoms with Crippen molar-refractivity contribution in [3.63, 3.8) is 0 Å². The third-order valence-corrected chi connectivity index (χ3v) is 0.652. The van der Waals surface area contributed by atoms with Crippen molar-refractivity contribution in [3.05, 3.63) is 36.3 Å². The summed E-state index contributed by atoms with van der Waals surface area (Å²) in [5.74, 6) is -0.143. The molecule has 0 aromatic carbocycles. The van der Waals surface area contributed by atoms with E-state index in [4.69, 9.17) is 10.2 Å². The van der Waals surface area contributed by atoms with E-state index in [2.05, 4.69) is 6.58 Å². The monoisotopic (exact) mass is 156 g/mol. The number of aliphatic hydroxyl groups is 2. The fraction of sp³-hybridized carbons (Fsp3) is 0.333. The van der Waals surface area contributed by atoms with Crippen LogP contribution in [0.2, 0.25) is 0 Å². The molecule has 0 aliphatic rings. The van der Waals surface area contributed by atoms with E-state index in [0.717, 1.165) is 0 Å². The lowest BCUT2D eigenvalue weighted by atomic mass is 10.4. The van der Waals surface area contributed by atoms with Gasteiger partial charge < -0.3 is 10.2 Å². The first-order valence-corrected chi connectivity index (χ1v) is 3.58. The molecule has 0 unspecified atom stereocenters. The fourth-order valence-electron chi connectivity index (χ4n) is 0.390. The van der Waals surface area contributed by atoms with E-state index >= 15 is 0 Å². The van der Waals surface area contributed by atoms with E-state index in [-0.39, 0.29) is 11.5 Å². The van der Waals surface area contributed by atoms with Gasteiger partial charge in [0.1, 0.15) is 11.5 Å². The van der Waals surface area contributed by atoms with Gasteiger partial charge in [-0.25, -0.2) is 0 Å². The lowest BCUT2D eigenvalue weighted by Gasteiger charge is -1.87. The Kier molecular flexibility index (Phi) is 10.0. The predicted octanol–water partition coefficient (Wildman–Crippen LogP) is 3.10. The molecule has 0 rings (SSSR count). The molecule has 2 heteroatoms. The normalized spacial score (nSPS) is 10.6. The zero-order valence-corrected chi connectivity index (χ0v) is 7.33. The molecule has 0 saturated carbocycles. The van der Waals surface area contributed by atoms with Crippen molar-refractivity contribution in [2.24, 2.45) is 0 Å². The Bertz CT molecular complexity index is 155. The van der Waals surface area contributed by atoms with Gasteiger partial charge >= 0.3 is 0 Å². The summed E-state index contributed by atoms with van der Waals surface area (Å²) < 4.78 is 0. The van der Waals surface area contributed by atoms with Crippen LogP contribution in [-0.4, -0.2) is 10.2 Å². The van der Waals surface area contributed by atoms with Gasteiger partial charge in [-0.3, -0.25) is 0 Å². The molecule has 0 bridgehead atoms. The zero-order valence-electron chi connectivity index (χ0n) is 7.33. The summed E-state index contributed by atoms with van der Waals surface area (Å²) >= 11 is 0. The molecule has 0 spiro atoms. The number of rotatable bonds is 2. The SMILES string of the molecule is C=C(O)/C=C(O)\C=C/C.CC. The number of allylic oxidation sites excluding steroid dienone is 3. The van der Waals surface area contributed by atoms with Gasteiger partial charge in [0.15, 0.2) is 0 Å². The number of aliphatic hydroxyl groups excluding tert-OH is 2. The second kappa shape index (κ2) is 8.82. The number of hydrogen-bond donors (Lipinski definition) is 2. The highest BCUT2D eigenvalue weighted by Gasteiger charge is 1.83. The van der Waals surface area contributed by atoms with Gasteiger partial charge in [0.25, 0.3) is 0 Å². The quantitative estimate of drug-likeness (QED) is 0.476. The van der Waals surface area contributed by atoms with E-state index in [1.807, 2.05) is 13.8 Å². The molecule has 0 aliphatic carbocycles. The maximum atomic E-state index is 8.77. The Morgan fingerprint density at radius 2 is 1.73 bits per heavy atom. The second-order valence-electron chi connectivity index (χ2n) is 1.56. The molecule has 0 aromatic rings. The minimum atomic E-state index is -0.148. The molecule has 0 radical (unpaired) electrons. The summed E-state index contributed by atoms with van der Waals surface area (Å²) in [6, 6.07) is 0.